The zero-order chi connectivity index (χ0) is 23.8. The topological polar surface area (TPSA) is 88.4 Å². The van der Waals surface area contributed by atoms with Crippen molar-refractivity contribution in [1.82, 2.24) is 4.57 Å². The maximum absolute atomic E-state index is 13.7. The number of para-hydroxylation sites is 1. The highest BCUT2D eigenvalue weighted by Gasteiger charge is 2.34. The van der Waals surface area contributed by atoms with Gasteiger partial charge in [0.2, 0.25) is 6.79 Å². The fraction of sp³-hybridized carbons (Fsp3) is 0.240. The van der Waals surface area contributed by atoms with Gasteiger partial charge < -0.3 is 18.9 Å². The Labute approximate surface area is 199 Å². The number of carbonyl (C=O) groups excluding carboxylic acids is 1. The third kappa shape index (κ3) is 3.67. The van der Waals surface area contributed by atoms with Crippen molar-refractivity contribution in [3.05, 3.63) is 84.5 Å². The first-order valence-electron chi connectivity index (χ1n) is 10.7. The summed E-state index contributed by atoms with van der Waals surface area (Å²) >= 11 is 1.26. The van der Waals surface area contributed by atoms with E-state index in [0.29, 0.717) is 43.4 Å². The van der Waals surface area contributed by atoms with Crippen LogP contribution in [0.3, 0.4) is 0 Å². The van der Waals surface area contributed by atoms with E-state index >= 15 is 0 Å². The molecule has 0 unspecified atom stereocenters. The Morgan fingerprint density at radius 1 is 1.24 bits per heavy atom. The van der Waals surface area contributed by atoms with Crippen LogP contribution >= 0.6 is 11.3 Å². The Kier molecular flexibility index (Phi) is 5.70. The molecule has 0 bridgehead atoms. The minimum Gasteiger partial charge on any atom is -0.496 e. The number of benzene rings is 2. The van der Waals surface area contributed by atoms with Crippen molar-refractivity contribution < 1.29 is 23.7 Å². The lowest BCUT2D eigenvalue weighted by Crippen LogP contribution is -2.39. The van der Waals surface area contributed by atoms with Crippen molar-refractivity contribution in [3.8, 4) is 17.2 Å². The van der Waals surface area contributed by atoms with Crippen LogP contribution in [0.5, 0.6) is 17.2 Å². The van der Waals surface area contributed by atoms with Gasteiger partial charge >= 0.3 is 5.97 Å². The smallest absolute Gasteiger partial charge is 0.338 e. The molecule has 2 aliphatic rings. The summed E-state index contributed by atoms with van der Waals surface area (Å²) in [4.78, 5) is 31.8. The van der Waals surface area contributed by atoms with Crippen LogP contribution in [0.2, 0.25) is 0 Å². The molecule has 3 aromatic rings. The summed E-state index contributed by atoms with van der Waals surface area (Å²) < 4.78 is 23.8. The second kappa shape index (κ2) is 8.83. The number of aromatic nitrogens is 1. The van der Waals surface area contributed by atoms with Gasteiger partial charge in [-0.15, -0.1) is 0 Å². The molecule has 2 aromatic carbocycles. The highest BCUT2D eigenvalue weighted by Crippen LogP contribution is 2.38. The minimum atomic E-state index is -0.718. The summed E-state index contributed by atoms with van der Waals surface area (Å²) in [7, 11) is 1.59. The van der Waals surface area contributed by atoms with Crippen LogP contribution in [0.1, 0.15) is 31.0 Å². The molecular weight excluding hydrogens is 456 g/mol. The third-order valence-corrected chi connectivity index (χ3v) is 6.64. The van der Waals surface area contributed by atoms with Crippen LogP contribution in [-0.2, 0) is 9.53 Å². The quantitative estimate of drug-likeness (QED) is 0.524. The molecule has 5 rings (SSSR count). The number of nitrogens with zero attached hydrogens (tertiary/aromatic N) is 2. The number of fused-ring (bicyclic) bond motifs is 2. The van der Waals surface area contributed by atoms with Crippen molar-refractivity contribution in [2.75, 3.05) is 20.5 Å². The molecule has 34 heavy (non-hydrogen) atoms. The number of methoxy groups -OCH3 is 1. The van der Waals surface area contributed by atoms with Gasteiger partial charge in [-0.3, -0.25) is 9.36 Å². The van der Waals surface area contributed by atoms with E-state index in [1.54, 1.807) is 43.7 Å². The lowest BCUT2D eigenvalue weighted by atomic mass is 9.95. The Morgan fingerprint density at radius 2 is 2.03 bits per heavy atom. The summed E-state index contributed by atoms with van der Waals surface area (Å²) in [5.74, 6) is 1.33. The van der Waals surface area contributed by atoms with Crippen molar-refractivity contribution >= 4 is 23.4 Å². The van der Waals surface area contributed by atoms with Gasteiger partial charge in [-0.2, -0.15) is 0 Å². The monoisotopic (exact) mass is 478 g/mol. The van der Waals surface area contributed by atoms with Gasteiger partial charge in [-0.1, -0.05) is 35.6 Å². The summed E-state index contributed by atoms with van der Waals surface area (Å²) in [5, 5.41) is 0. The van der Waals surface area contributed by atoms with E-state index in [-0.39, 0.29) is 19.0 Å². The predicted octanol–water partition coefficient (Wildman–Crippen LogP) is 2.54. The highest BCUT2D eigenvalue weighted by molar-refractivity contribution is 7.07. The van der Waals surface area contributed by atoms with Crippen molar-refractivity contribution in [1.29, 1.82) is 0 Å². The lowest BCUT2D eigenvalue weighted by molar-refractivity contribution is -0.139. The maximum atomic E-state index is 13.7. The zero-order valence-electron chi connectivity index (χ0n) is 18.9. The van der Waals surface area contributed by atoms with Crippen molar-refractivity contribution in [3.63, 3.8) is 0 Å². The molecule has 0 saturated carbocycles. The molecule has 8 nitrogen and oxygen atoms in total. The third-order valence-electron chi connectivity index (χ3n) is 5.65. The number of hydrogen-bond acceptors (Lipinski definition) is 8. The molecule has 0 N–H and O–H groups in total. The SMILES string of the molecule is CCOC(=O)C1=C(C)N=c2s/c(=C\c3ccccc3OC)c(=O)n2[C@H]1c1ccc2c(c1)OCO2. The van der Waals surface area contributed by atoms with Gasteiger partial charge in [-0.25, -0.2) is 9.79 Å². The molecule has 1 atom stereocenters. The molecule has 0 amide bonds. The van der Waals surface area contributed by atoms with Gasteiger partial charge in [-0.05, 0) is 43.7 Å². The largest absolute Gasteiger partial charge is 0.496 e. The van der Waals surface area contributed by atoms with E-state index in [2.05, 4.69) is 4.99 Å². The van der Waals surface area contributed by atoms with E-state index in [4.69, 9.17) is 18.9 Å². The number of esters is 1. The van der Waals surface area contributed by atoms with Gasteiger partial charge in [0.1, 0.15) is 5.75 Å². The molecule has 174 valence electrons. The molecule has 0 radical (unpaired) electrons. The normalized spacial score (nSPS) is 16.8. The predicted molar refractivity (Wildman–Crippen MR) is 126 cm³/mol. The molecule has 3 heterocycles. The Hall–Kier alpha value is -3.85. The number of allylic oxidation sites excluding steroid dienone is 1. The van der Waals surface area contributed by atoms with Gasteiger partial charge in [0.15, 0.2) is 16.3 Å². The standard InChI is InChI=1S/C25H22N2O6S/c1-4-31-24(29)21-14(2)26-25-27(22(21)16-9-10-18-19(11-16)33-13-32-18)23(28)20(34-25)12-15-7-5-6-8-17(15)30-3/h5-12,22H,4,13H2,1-3H3/b20-12-/t22-/m0/s1. The average molecular weight is 479 g/mol. The van der Waals surface area contributed by atoms with Crippen molar-refractivity contribution in [2.45, 2.75) is 19.9 Å². The highest BCUT2D eigenvalue weighted by atomic mass is 32.1. The minimum absolute atomic E-state index is 0.125. The van der Waals surface area contributed by atoms with E-state index in [9.17, 15) is 9.59 Å². The number of carbonyl (C=O) groups is 1. The number of hydrogen-bond donors (Lipinski definition) is 0. The first-order chi connectivity index (χ1) is 16.5. The number of thiazole rings is 1. The molecular formula is C25H22N2O6S. The van der Waals surface area contributed by atoms with Crippen LogP contribution in [0, 0.1) is 0 Å². The summed E-state index contributed by atoms with van der Waals surface area (Å²) in [6.07, 6.45) is 1.78. The molecule has 2 aliphatic heterocycles. The number of ether oxygens (including phenoxy) is 4. The van der Waals surface area contributed by atoms with Crippen LogP contribution in [-0.4, -0.2) is 31.0 Å². The van der Waals surface area contributed by atoms with Crippen LogP contribution in [0.15, 0.2) is 63.5 Å². The first kappa shape index (κ1) is 22.0. The number of rotatable bonds is 5. The van der Waals surface area contributed by atoms with Crippen LogP contribution in [0.4, 0.5) is 0 Å². The van der Waals surface area contributed by atoms with Crippen LogP contribution in [0.25, 0.3) is 6.08 Å². The summed E-state index contributed by atoms with van der Waals surface area (Å²) in [5.41, 5.74) is 2.04. The molecule has 0 saturated heterocycles. The summed E-state index contributed by atoms with van der Waals surface area (Å²) in [6, 6.07) is 12.1. The molecule has 0 fully saturated rings. The average Bonchev–Trinajstić information content (AvgIpc) is 3.42. The Bertz CT molecular complexity index is 1500. The van der Waals surface area contributed by atoms with Crippen molar-refractivity contribution in [2.24, 2.45) is 4.99 Å². The fourth-order valence-corrected chi connectivity index (χ4v) is 5.15. The van der Waals surface area contributed by atoms with Gasteiger partial charge in [0.05, 0.1) is 35.6 Å². The second-order valence-electron chi connectivity index (χ2n) is 7.66. The maximum Gasteiger partial charge on any atom is 0.338 e. The molecule has 0 aliphatic carbocycles. The first-order valence-corrected chi connectivity index (χ1v) is 11.6. The van der Waals surface area contributed by atoms with E-state index in [0.717, 1.165) is 5.56 Å². The van der Waals surface area contributed by atoms with E-state index in [1.807, 2.05) is 30.3 Å². The zero-order valence-corrected chi connectivity index (χ0v) is 19.7. The van der Waals surface area contributed by atoms with E-state index in [1.165, 1.54) is 11.3 Å². The van der Waals surface area contributed by atoms with Gasteiger partial charge in [0.25, 0.3) is 5.56 Å². The molecule has 1 aromatic heterocycles. The van der Waals surface area contributed by atoms with Crippen LogP contribution < -0.4 is 29.1 Å². The fourth-order valence-electron chi connectivity index (χ4n) is 4.12. The Balaban J connectivity index is 1.73. The molecule has 9 heteroatoms. The van der Waals surface area contributed by atoms with E-state index < -0.39 is 12.0 Å². The molecule has 0 spiro atoms. The van der Waals surface area contributed by atoms with Gasteiger partial charge in [0, 0.05) is 5.56 Å². The Morgan fingerprint density at radius 3 is 2.82 bits per heavy atom. The lowest BCUT2D eigenvalue weighted by Gasteiger charge is -2.24. The second-order valence-corrected chi connectivity index (χ2v) is 8.67. The summed E-state index contributed by atoms with van der Waals surface area (Å²) in [6.45, 7) is 3.83.